The van der Waals surface area contributed by atoms with Gasteiger partial charge in [-0.05, 0) is 19.3 Å². The van der Waals surface area contributed by atoms with E-state index in [1.807, 2.05) is 18.7 Å². The minimum Gasteiger partial charge on any atom is -0.337 e. The van der Waals surface area contributed by atoms with Crippen LogP contribution in [0.15, 0.2) is 0 Å². The highest BCUT2D eigenvalue weighted by molar-refractivity contribution is 5.79. The number of carbonyl (C=O) groups is 1. The molecule has 17 heavy (non-hydrogen) atoms. The molecule has 1 aliphatic heterocycles. The van der Waals surface area contributed by atoms with E-state index in [9.17, 15) is 4.79 Å². The maximum absolute atomic E-state index is 11.8. The number of nitrogens with two attached hydrogens (primary N) is 1. The molecule has 1 amide bonds. The number of hydrogen-bond donors (Lipinski definition) is 2. The summed E-state index contributed by atoms with van der Waals surface area (Å²) >= 11 is 0. The van der Waals surface area contributed by atoms with Crippen molar-refractivity contribution in [3.05, 3.63) is 0 Å². The van der Waals surface area contributed by atoms with Crippen molar-refractivity contribution in [2.45, 2.75) is 38.8 Å². The van der Waals surface area contributed by atoms with Crippen LogP contribution in [0.25, 0.3) is 0 Å². The number of nitriles is 1. The van der Waals surface area contributed by atoms with Crippen molar-refractivity contribution in [3.8, 4) is 6.07 Å². The smallest absolute Gasteiger partial charge is 0.235 e. The SMILES string of the molecule is CC(C)C(C)(C#N)NC(=O)CN1CC[C@@H](N)C1. The second kappa shape index (κ2) is 5.48. The molecule has 0 saturated carbocycles. The number of likely N-dealkylation sites (tertiary alicyclic amines) is 1. The van der Waals surface area contributed by atoms with Crippen LogP contribution in [0, 0.1) is 17.2 Å². The fraction of sp³-hybridized carbons (Fsp3) is 0.833. The summed E-state index contributed by atoms with van der Waals surface area (Å²) in [6.07, 6.45) is 0.937. The summed E-state index contributed by atoms with van der Waals surface area (Å²) in [6, 6.07) is 2.34. The van der Waals surface area contributed by atoms with Crippen LogP contribution < -0.4 is 11.1 Å². The molecule has 0 spiro atoms. The van der Waals surface area contributed by atoms with Crippen LogP contribution >= 0.6 is 0 Å². The van der Waals surface area contributed by atoms with E-state index in [0.717, 1.165) is 19.5 Å². The van der Waals surface area contributed by atoms with Crippen molar-refractivity contribution in [2.75, 3.05) is 19.6 Å². The highest BCUT2D eigenvalue weighted by atomic mass is 16.2. The Balaban J connectivity index is 2.47. The van der Waals surface area contributed by atoms with Gasteiger partial charge in [-0.3, -0.25) is 9.69 Å². The molecule has 5 nitrogen and oxygen atoms in total. The summed E-state index contributed by atoms with van der Waals surface area (Å²) in [4.78, 5) is 13.9. The zero-order valence-electron chi connectivity index (χ0n) is 10.9. The van der Waals surface area contributed by atoms with E-state index in [1.165, 1.54) is 0 Å². The number of carbonyl (C=O) groups excluding carboxylic acids is 1. The summed E-state index contributed by atoms with van der Waals surface area (Å²) in [5, 5.41) is 11.9. The third kappa shape index (κ3) is 3.69. The Labute approximate surface area is 103 Å². The molecular weight excluding hydrogens is 216 g/mol. The number of rotatable bonds is 4. The van der Waals surface area contributed by atoms with Gasteiger partial charge in [-0.2, -0.15) is 5.26 Å². The lowest BCUT2D eigenvalue weighted by Gasteiger charge is -2.28. The van der Waals surface area contributed by atoms with Gasteiger partial charge >= 0.3 is 0 Å². The first kappa shape index (κ1) is 13.9. The van der Waals surface area contributed by atoms with Gasteiger partial charge in [0.25, 0.3) is 0 Å². The van der Waals surface area contributed by atoms with Crippen LogP contribution in [-0.4, -0.2) is 42.0 Å². The van der Waals surface area contributed by atoms with Gasteiger partial charge in [0.2, 0.25) is 5.91 Å². The second-order valence-corrected chi connectivity index (χ2v) is 5.30. The van der Waals surface area contributed by atoms with Crippen molar-refractivity contribution in [1.82, 2.24) is 10.2 Å². The average molecular weight is 238 g/mol. The van der Waals surface area contributed by atoms with E-state index in [0.29, 0.717) is 6.54 Å². The van der Waals surface area contributed by atoms with Gasteiger partial charge in [-0.1, -0.05) is 13.8 Å². The lowest BCUT2D eigenvalue weighted by molar-refractivity contribution is -0.123. The molecule has 1 fully saturated rings. The molecule has 1 heterocycles. The van der Waals surface area contributed by atoms with Crippen molar-refractivity contribution in [1.29, 1.82) is 5.26 Å². The van der Waals surface area contributed by atoms with E-state index in [2.05, 4.69) is 11.4 Å². The molecule has 96 valence electrons. The predicted octanol–water partition coefficient (Wildman–Crippen LogP) is 0.0739. The van der Waals surface area contributed by atoms with Crippen LogP contribution in [-0.2, 0) is 4.79 Å². The molecule has 3 N–H and O–H groups in total. The van der Waals surface area contributed by atoms with Crippen LogP contribution in [0.5, 0.6) is 0 Å². The van der Waals surface area contributed by atoms with E-state index < -0.39 is 5.54 Å². The Morgan fingerprint density at radius 1 is 1.71 bits per heavy atom. The number of nitrogens with one attached hydrogen (secondary N) is 1. The Kier molecular flexibility index (Phi) is 4.49. The first-order chi connectivity index (χ1) is 7.87. The third-order valence-electron chi connectivity index (χ3n) is 3.46. The van der Waals surface area contributed by atoms with Gasteiger partial charge in [-0.25, -0.2) is 0 Å². The summed E-state index contributed by atoms with van der Waals surface area (Å²) in [6.45, 7) is 7.56. The van der Waals surface area contributed by atoms with Crippen LogP contribution in [0.4, 0.5) is 0 Å². The molecule has 0 aromatic rings. The van der Waals surface area contributed by atoms with E-state index in [-0.39, 0.29) is 17.9 Å². The molecule has 0 aliphatic carbocycles. The Morgan fingerprint density at radius 3 is 2.76 bits per heavy atom. The van der Waals surface area contributed by atoms with Crippen molar-refractivity contribution in [3.63, 3.8) is 0 Å². The Morgan fingerprint density at radius 2 is 2.35 bits per heavy atom. The zero-order chi connectivity index (χ0) is 13.1. The van der Waals surface area contributed by atoms with Gasteiger partial charge in [-0.15, -0.1) is 0 Å². The Hall–Kier alpha value is -1.12. The quantitative estimate of drug-likeness (QED) is 0.726. The maximum atomic E-state index is 11.8. The normalized spacial score (nSPS) is 24.4. The van der Waals surface area contributed by atoms with Crippen LogP contribution in [0.3, 0.4) is 0 Å². The molecule has 1 unspecified atom stereocenters. The minimum absolute atomic E-state index is 0.0808. The summed E-state index contributed by atoms with van der Waals surface area (Å²) in [5.41, 5.74) is 4.98. The Bertz CT molecular complexity index is 323. The van der Waals surface area contributed by atoms with Gasteiger partial charge < -0.3 is 11.1 Å². The molecule has 0 radical (unpaired) electrons. The molecule has 1 rings (SSSR count). The summed E-state index contributed by atoms with van der Waals surface area (Å²) in [5.74, 6) is -0.0193. The molecule has 0 bridgehead atoms. The van der Waals surface area contributed by atoms with Crippen molar-refractivity contribution in [2.24, 2.45) is 11.7 Å². The fourth-order valence-corrected chi connectivity index (χ4v) is 1.84. The molecule has 0 aromatic carbocycles. The summed E-state index contributed by atoms with van der Waals surface area (Å²) < 4.78 is 0. The van der Waals surface area contributed by atoms with Gasteiger partial charge in [0.05, 0.1) is 12.6 Å². The van der Waals surface area contributed by atoms with E-state index >= 15 is 0 Å². The average Bonchev–Trinajstić information content (AvgIpc) is 2.63. The number of amides is 1. The van der Waals surface area contributed by atoms with Gasteiger partial charge in [0.1, 0.15) is 5.54 Å². The molecule has 1 aliphatic rings. The van der Waals surface area contributed by atoms with E-state index in [1.54, 1.807) is 6.92 Å². The lowest BCUT2D eigenvalue weighted by Crippen LogP contribution is -2.51. The lowest BCUT2D eigenvalue weighted by atomic mass is 9.90. The molecule has 2 atom stereocenters. The largest absolute Gasteiger partial charge is 0.337 e. The standard InChI is InChI=1S/C12H22N4O/c1-9(2)12(3,8-13)15-11(17)7-16-5-4-10(14)6-16/h9-10H,4-7,14H2,1-3H3,(H,15,17)/t10-,12?/m1/s1. The first-order valence-electron chi connectivity index (χ1n) is 6.07. The fourth-order valence-electron chi connectivity index (χ4n) is 1.84. The predicted molar refractivity (Wildman–Crippen MR) is 66.0 cm³/mol. The highest BCUT2D eigenvalue weighted by Gasteiger charge is 2.31. The molecule has 0 aromatic heterocycles. The molecule has 1 saturated heterocycles. The van der Waals surface area contributed by atoms with Crippen molar-refractivity contribution >= 4 is 5.91 Å². The molecular formula is C12H22N4O. The topological polar surface area (TPSA) is 82.2 Å². The van der Waals surface area contributed by atoms with Gasteiger partial charge in [0.15, 0.2) is 0 Å². The second-order valence-electron chi connectivity index (χ2n) is 5.30. The first-order valence-corrected chi connectivity index (χ1v) is 6.07. The van der Waals surface area contributed by atoms with E-state index in [4.69, 9.17) is 11.0 Å². The third-order valence-corrected chi connectivity index (χ3v) is 3.46. The molecule has 5 heteroatoms. The number of nitrogens with zero attached hydrogens (tertiary/aromatic N) is 2. The zero-order valence-corrected chi connectivity index (χ0v) is 10.9. The van der Waals surface area contributed by atoms with Gasteiger partial charge in [0, 0.05) is 19.1 Å². The monoisotopic (exact) mass is 238 g/mol. The van der Waals surface area contributed by atoms with Crippen molar-refractivity contribution < 1.29 is 4.79 Å². The van der Waals surface area contributed by atoms with Crippen LogP contribution in [0.2, 0.25) is 0 Å². The maximum Gasteiger partial charge on any atom is 0.235 e. The summed E-state index contributed by atoms with van der Waals surface area (Å²) in [7, 11) is 0. The van der Waals surface area contributed by atoms with Crippen LogP contribution in [0.1, 0.15) is 27.2 Å². The highest BCUT2D eigenvalue weighted by Crippen LogP contribution is 2.15. The number of hydrogen-bond acceptors (Lipinski definition) is 4. The minimum atomic E-state index is -0.793.